The van der Waals surface area contributed by atoms with Crippen molar-refractivity contribution in [1.82, 2.24) is 0 Å². The number of anilines is 2. The Morgan fingerprint density at radius 2 is 1.78 bits per heavy atom. The summed E-state index contributed by atoms with van der Waals surface area (Å²) in [5, 5.41) is 3.50. The Morgan fingerprint density at radius 1 is 1.06 bits per heavy atom. The van der Waals surface area contributed by atoms with Gasteiger partial charge in [-0.2, -0.15) is 0 Å². The van der Waals surface area contributed by atoms with E-state index in [1.54, 1.807) is 0 Å². The molecule has 0 radical (unpaired) electrons. The second kappa shape index (κ2) is 5.69. The van der Waals surface area contributed by atoms with Gasteiger partial charge in [0.1, 0.15) is 0 Å². The van der Waals surface area contributed by atoms with Gasteiger partial charge >= 0.3 is 0 Å². The van der Waals surface area contributed by atoms with E-state index >= 15 is 0 Å². The number of nitrogens with two attached hydrogens (primary N) is 1. The number of hydrogen-bond acceptors (Lipinski definition) is 2. The summed E-state index contributed by atoms with van der Waals surface area (Å²) in [5.41, 5.74) is 11.7. The van der Waals surface area contributed by atoms with Crippen LogP contribution < -0.4 is 11.1 Å². The van der Waals surface area contributed by atoms with Gasteiger partial charge in [0, 0.05) is 17.9 Å². The first-order valence-corrected chi connectivity index (χ1v) is 6.39. The van der Waals surface area contributed by atoms with Crippen LogP contribution in [0.15, 0.2) is 42.5 Å². The third-order valence-corrected chi connectivity index (χ3v) is 3.20. The summed E-state index contributed by atoms with van der Waals surface area (Å²) in [4.78, 5) is 0. The van der Waals surface area contributed by atoms with Crippen LogP contribution in [0.3, 0.4) is 0 Å². The van der Waals surface area contributed by atoms with Crippen molar-refractivity contribution in [1.29, 1.82) is 0 Å². The maximum atomic E-state index is 5.60. The molecule has 0 spiro atoms. The fourth-order valence-corrected chi connectivity index (χ4v) is 2.07. The third-order valence-electron chi connectivity index (χ3n) is 3.20. The van der Waals surface area contributed by atoms with E-state index in [1.807, 2.05) is 0 Å². The number of benzene rings is 2. The van der Waals surface area contributed by atoms with E-state index in [4.69, 9.17) is 5.73 Å². The molecule has 2 aromatic rings. The minimum absolute atomic E-state index is 0.588. The van der Waals surface area contributed by atoms with Crippen LogP contribution in [0.25, 0.3) is 0 Å². The van der Waals surface area contributed by atoms with Gasteiger partial charge < -0.3 is 11.1 Å². The van der Waals surface area contributed by atoms with E-state index in [0.717, 1.165) is 17.7 Å². The van der Waals surface area contributed by atoms with E-state index in [2.05, 4.69) is 61.6 Å². The Kier molecular flexibility index (Phi) is 4.00. The molecule has 18 heavy (non-hydrogen) atoms. The lowest BCUT2D eigenvalue weighted by Gasteiger charge is -2.14. The van der Waals surface area contributed by atoms with Crippen LogP contribution in [0, 0.1) is 6.92 Å². The van der Waals surface area contributed by atoms with Crippen LogP contribution in [0.5, 0.6) is 0 Å². The average Bonchev–Trinajstić information content (AvgIpc) is 2.42. The molecular formula is C16H20N2. The van der Waals surface area contributed by atoms with Gasteiger partial charge in [-0.05, 0) is 42.2 Å². The zero-order chi connectivity index (χ0) is 13.0. The first-order chi connectivity index (χ1) is 8.74. The molecule has 0 aromatic heterocycles. The van der Waals surface area contributed by atoms with E-state index in [1.165, 1.54) is 16.8 Å². The molecule has 0 bridgehead atoms. The summed E-state index contributed by atoms with van der Waals surface area (Å²) < 4.78 is 0. The molecule has 0 saturated carbocycles. The van der Waals surface area contributed by atoms with Gasteiger partial charge in [0.25, 0.3) is 0 Å². The van der Waals surface area contributed by atoms with Crippen LogP contribution in [0.1, 0.15) is 23.6 Å². The second-order valence-corrected chi connectivity index (χ2v) is 4.49. The maximum absolute atomic E-state index is 5.60. The van der Waals surface area contributed by atoms with Crippen LogP contribution in [-0.2, 0) is 13.0 Å². The molecule has 0 saturated heterocycles. The monoisotopic (exact) mass is 240 g/mol. The van der Waals surface area contributed by atoms with E-state index in [-0.39, 0.29) is 0 Å². The quantitative estimate of drug-likeness (QED) is 0.854. The molecule has 0 amide bonds. The van der Waals surface area contributed by atoms with Crippen LogP contribution in [-0.4, -0.2) is 0 Å². The van der Waals surface area contributed by atoms with Gasteiger partial charge in [-0.3, -0.25) is 0 Å². The van der Waals surface area contributed by atoms with Crippen molar-refractivity contribution in [2.24, 2.45) is 5.73 Å². The highest BCUT2D eigenvalue weighted by atomic mass is 14.9. The summed E-state index contributed by atoms with van der Waals surface area (Å²) in [7, 11) is 0. The smallest absolute Gasteiger partial charge is 0.0446 e. The highest BCUT2D eigenvalue weighted by Gasteiger charge is 2.04. The Bertz CT molecular complexity index is 515. The Labute approximate surface area is 109 Å². The molecule has 94 valence electrons. The predicted octanol–water partition coefficient (Wildman–Crippen LogP) is 3.76. The van der Waals surface area contributed by atoms with Gasteiger partial charge in [0.2, 0.25) is 0 Å². The Hall–Kier alpha value is -1.80. The third kappa shape index (κ3) is 2.71. The summed E-state index contributed by atoms with van der Waals surface area (Å²) in [6, 6.07) is 14.7. The van der Waals surface area contributed by atoms with Crippen LogP contribution in [0.2, 0.25) is 0 Å². The molecule has 2 aromatic carbocycles. The van der Waals surface area contributed by atoms with Gasteiger partial charge in [-0.15, -0.1) is 0 Å². The molecule has 0 heterocycles. The summed E-state index contributed by atoms with van der Waals surface area (Å²) >= 11 is 0. The van der Waals surface area contributed by atoms with E-state index in [0.29, 0.717) is 6.54 Å². The number of rotatable bonds is 4. The molecule has 0 unspecified atom stereocenters. The number of hydrogen-bond donors (Lipinski definition) is 2. The zero-order valence-corrected chi connectivity index (χ0v) is 11.0. The largest absolute Gasteiger partial charge is 0.355 e. The number of nitrogens with one attached hydrogen (secondary N) is 1. The topological polar surface area (TPSA) is 38.0 Å². The standard InChI is InChI=1S/C16H20N2/c1-3-14-6-4-5-12(2)16(14)18-15-9-7-13(11-17)8-10-15/h4-10,18H,3,11,17H2,1-2H3. The summed E-state index contributed by atoms with van der Waals surface area (Å²) in [5.74, 6) is 0. The second-order valence-electron chi connectivity index (χ2n) is 4.49. The molecular weight excluding hydrogens is 220 g/mol. The fourth-order valence-electron chi connectivity index (χ4n) is 2.07. The van der Waals surface area contributed by atoms with Crippen molar-refractivity contribution >= 4 is 11.4 Å². The molecule has 3 N–H and O–H groups in total. The average molecular weight is 240 g/mol. The highest BCUT2D eigenvalue weighted by Crippen LogP contribution is 2.25. The Morgan fingerprint density at radius 3 is 2.39 bits per heavy atom. The molecule has 0 atom stereocenters. The summed E-state index contributed by atoms with van der Waals surface area (Å²) in [6.07, 6.45) is 1.03. The molecule has 2 heteroatoms. The van der Waals surface area contributed by atoms with Crippen molar-refractivity contribution < 1.29 is 0 Å². The zero-order valence-electron chi connectivity index (χ0n) is 11.0. The normalized spacial score (nSPS) is 10.4. The van der Waals surface area contributed by atoms with Crippen molar-refractivity contribution in [3.05, 3.63) is 59.2 Å². The molecule has 2 nitrogen and oxygen atoms in total. The number of para-hydroxylation sites is 1. The molecule has 0 aliphatic carbocycles. The summed E-state index contributed by atoms with van der Waals surface area (Å²) in [6.45, 7) is 4.90. The first kappa shape index (κ1) is 12.7. The molecule has 0 fully saturated rings. The van der Waals surface area contributed by atoms with Gasteiger partial charge in [0.05, 0.1) is 0 Å². The minimum Gasteiger partial charge on any atom is -0.355 e. The van der Waals surface area contributed by atoms with Crippen LogP contribution in [0.4, 0.5) is 11.4 Å². The lowest BCUT2D eigenvalue weighted by Crippen LogP contribution is -1.99. The highest BCUT2D eigenvalue weighted by molar-refractivity contribution is 5.66. The fraction of sp³-hybridized carbons (Fsp3) is 0.250. The van der Waals surface area contributed by atoms with Crippen molar-refractivity contribution in [2.75, 3.05) is 5.32 Å². The van der Waals surface area contributed by atoms with Gasteiger partial charge in [0.15, 0.2) is 0 Å². The molecule has 0 aliphatic heterocycles. The maximum Gasteiger partial charge on any atom is 0.0446 e. The lowest BCUT2D eigenvalue weighted by atomic mass is 10.1. The van der Waals surface area contributed by atoms with E-state index < -0.39 is 0 Å². The van der Waals surface area contributed by atoms with Crippen LogP contribution >= 0.6 is 0 Å². The minimum atomic E-state index is 0.588. The van der Waals surface area contributed by atoms with Crippen molar-refractivity contribution in [2.45, 2.75) is 26.8 Å². The number of aryl methyl sites for hydroxylation is 2. The Balaban J connectivity index is 2.27. The van der Waals surface area contributed by atoms with Gasteiger partial charge in [-0.1, -0.05) is 37.3 Å². The lowest BCUT2D eigenvalue weighted by molar-refractivity contribution is 1.07. The first-order valence-electron chi connectivity index (χ1n) is 6.39. The SMILES string of the molecule is CCc1cccc(C)c1Nc1ccc(CN)cc1. The van der Waals surface area contributed by atoms with Crippen molar-refractivity contribution in [3.63, 3.8) is 0 Å². The molecule has 2 rings (SSSR count). The van der Waals surface area contributed by atoms with E-state index in [9.17, 15) is 0 Å². The predicted molar refractivity (Wildman–Crippen MR) is 78.2 cm³/mol. The van der Waals surface area contributed by atoms with Gasteiger partial charge in [-0.25, -0.2) is 0 Å². The van der Waals surface area contributed by atoms with Crippen molar-refractivity contribution in [3.8, 4) is 0 Å². The molecule has 0 aliphatic rings.